The molecule has 0 saturated carbocycles. The number of rotatable bonds is 3. The van der Waals surface area contributed by atoms with Gasteiger partial charge in [-0.05, 0) is 25.0 Å². The van der Waals surface area contributed by atoms with Crippen molar-refractivity contribution < 1.29 is 4.79 Å². The maximum Gasteiger partial charge on any atom is 0.238 e. The molecule has 0 bridgehead atoms. The van der Waals surface area contributed by atoms with Crippen LogP contribution in [0.3, 0.4) is 0 Å². The average molecular weight is 258 g/mol. The number of nitriles is 1. The van der Waals surface area contributed by atoms with E-state index in [9.17, 15) is 4.79 Å². The van der Waals surface area contributed by atoms with E-state index in [0.717, 1.165) is 18.5 Å². The second-order valence-electron chi connectivity index (χ2n) is 4.91. The van der Waals surface area contributed by atoms with E-state index in [2.05, 4.69) is 21.3 Å². The number of hydrogen-bond acceptors (Lipinski definition) is 4. The largest absolute Gasteiger partial charge is 0.352 e. The first-order valence-electron chi connectivity index (χ1n) is 6.51. The van der Waals surface area contributed by atoms with E-state index in [1.165, 1.54) is 0 Å². The van der Waals surface area contributed by atoms with E-state index < -0.39 is 0 Å². The van der Waals surface area contributed by atoms with Crippen molar-refractivity contribution in [3.8, 4) is 6.07 Å². The van der Waals surface area contributed by atoms with Gasteiger partial charge in [-0.25, -0.2) is 0 Å². The smallest absolute Gasteiger partial charge is 0.238 e. The van der Waals surface area contributed by atoms with E-state index in [1.807, 2.05) is 19.1 Å². The van der Waals surface area contributed by atoms with Crippen LogP contribution in [0, 0.1) is 11.3 Å². The van der Waals surface area contributed by atoms with Crippen LogP contribution in [0.2, 0.25) is 0 Å². The van der Waals surface area contributed by atoms with Crippen molar-refractivity contribution in [3.05, 3.63) is 30.1 Å². The zero-order chi connectivity index (χ0) is 13.7. The van der Waals surface area contributed by atoms with Crippen LogP contribution in [0.1, 0.15) is 25.3 Å². The van der Waals surface area contributed by atoms with Gasteiger partial charge >= 0.3 is 0 Å². The number of carbonyl (C=O) groups is 1. The SMILES string of the molecule is CC1CCN(Cc2cccnc2)C(CC#N)C(=O)N1. The Labute approximate surface area is 113 Å². The van der Waals surface area contributed by atoms with Gasteiger partial charge in [-0.1, -0.05) is 6.07 Å². The molecule has 2 rings (SSSR count). The molecule has 1 aromatic heterocycles. The first kappa shape index (κ1) is 13.5. The van der Waals surface area contributed by atoms with Crippen molar-refractivity contribution >= 4 is 5.91 Å². The Morgan fingerprint density at radius 1 is 1.63 bits per heavy atom. The Bertz CT molecular complexity index is 468. The standard InChI is InChI=1S/C14H18N4O/c1-11-5-8-18(10-12-3-2-7-16-9-12)13(4-6-15)14(19)17-11/h2-3,7,9,11,13H,4-5,8,10H2,1H3,(H,17,19). The minimum Gasteiger partial charge on any atom is -0.352 e. The first-order chi connectivity index (χ1) is 9.20. The van der Waals surface area contributed by atoms with Gasteiger partial charge in [0.25, 0.3) is 0 Å². The van der Waals surface area contributed by atoms with Crippen molar-refractivity contribution in [3.63, 3.8) is 0 Å². The van der Waals surface area contributed by atoms with Crippen molar-refractivity contribution in [2.24, 2.45) is 0 Å². The molecular formula is C14H18N4O. The fraction of sp³-hybridized carbons (Fsp3) is 0.500. The molecule has 2 heterocycles. The molecule has 5 nitrogen and oxygen atoms in total. The Kier molecular flexibility index (Phi) is 4.48. The molecule has 19 heavy (non-hydrogen) atoms. The van der Waals surface area contributed by atoms with E-state index in [4.69, 9.17) is 5.26 Å². The van der Waals surface area contributed by atoms with Crippen molar-refractivity contribution in [2.75, 3.05) is 6.54 Å². The van der Waals surface area contributed by atoms with Crippen molar-refractivity contribution in [1.29, 1.82) is 5.26 Å². The van der Waals surface area contributed by atoms with Gasteiger partial charge < -0.3 is 5.32 Å². The van der Waals surface area contributed by atoms with E-state index in [-0.39, 0.29) is 24.4 Å². The van der Waals surface area contributed by atoms with Crippen LogP contribution in [0.25, 0.3) is 0 Å². The van der Waals surface area contributed by atoms with Crippen LogP contribution >= 0.6 is 0 Å². The second-order valence-corrected chi connectivity index (χ2v) is 4.91. The summed E-state index contributed by atoms with van der Waals surface area (Å²) in [6, 6.07) is 5.78. The number of aromatic nitrogens is 1. The highest BCUT2D eigenvalue weighted by molar-refractivity contribution is 5.82. The Morgan fingerprint density at radius 2 is 2.47 bits per heavy atom. The predicted octanol–water partition coefficient (Wildman–Crippen LogP) is 1.07. The molecule has 1 saturated heterocycles. The van der Waals surface area contributed by atoms with Crippen LogP contribution in [0.4, 0.5) is 0 Å². The molecule has 1 amide bonds. The molecule has 2 unspecified atom stereocenters. The van der Waals surface area contributed by atoms with Gasteiger partial charge in [-0.15, -0.1) is 0 Å². The summed E-state index contributed by atoms with van der Waals surface area (Å²) in [5.41, 5.74) is 1.06. The molecule has 0 aromatic carbocycles. The summed E-state index contributed by atoms with van der Waals surface area (Å²) in [5.74, 6) is -0.0459. The van der Waals surface area contributed by atoms with Gasteiger partial charge in [-0.3, -0.25) is 14.7 Å². The van der Waals surface area contributed by atoms with Gasteiger partial charge in [0, 0.05) is 31.5 Å². The van der Waals surface area contributed by atoms with Gasteiger partial charge in [-0.2, -0.15) is 5.26 Å². The number of amides is 1. The van der Waals surface area contributed by atoms with Crippen LogP contribution in [-0.2, 0) is 11.3 Å². The summed E-state index contributed by atoms with van der Waals surface area (Å²) in [6.45, 7) is 3.45. The summed E-state index contributed by atoms with van der Waals surface area (Å²) in [4.78, 5) is 18.3. The summed E-state index contributed by atoms with van der Waals surface area (Å²) < 4.78 is 0. The summed E-state index contributed by atoms with van der Waals surface area (Å²) in [6.07, 6.45) is 4.65. The molecule has 5 heteroatoms. The number of nitrogens with zero attached hydrogens (tertiary/aromatic N) is 3. The lowest BCUT2D eigenvalue weighted by atomic mass is 10.1. The summed E-state index contributed by atoms with van der Waals surface area (Å²) in [7, 11) is 0. The highest BCUT2D eigenvalue weighted by atomic mass is 16.2. The maximum atomic E-state index is 12.1. The number of hydrogen-bond donors (Lipinski definition) is 1. The molecule has 1 N–H and O–H groups in total. The highest BCUT2D eigenvalue weighted by Gasteiger charge is 2.29. The third-order valence-corrected chi connectivity index (χ3v) is 3.37. The molecule has 1 aromatic rings. The average Bonchev–Trinajstić information content (AvgIpc) is 2.53. The minimum absolute atomic E-state index is 0.0459. The lowest BCUT2D eigenvalue weighted by Gasteiger charge is -2.26. The topological polar surface area (TPSA) is 69.0 Å². The fourth-order valence-corrected chi connectivity index (χ4v) is 2.32. The summed E-state index contributed by atoms with van der Waals surface area (Å²) >= 11 is 0. The quantitative estimate of drug-likeness (QED) is 0.880. The van der Waals surface area contributed by atoms with Crippen molar-refractivity contribution in [1.82, 2.24) is 15.2 Å². The van der Waals surface area contributed by atoms with Gasteiger partial charge in [0.2, 0.25) is 5.91 Å². The second kappa shape index (κ2) is 6.30. The van der Waals surface area contributed by atoms with Crippen LogP contribution < -0.4 is 5.32 Å². The van der Waals surface area contributed by atoms with Gasteiger partial charge in [0.15, 0.2) is 0 Å². The van der Waals surface area contributed by atoms with Crippen LogP contribution in [0.15, 0.2) is 24.5 Å². The zero-order valence-electron chi connectivity index (χ0n) is 11.0. The molecule has 0 radical (unpaired) electrons. The van der Waals surface area contributed by atoms with Crippen LogP contribution in [0.5, 0.6) is 0 Å². The highest BCUT2D eigenvalue weighted by Crippen LogP contribution is 2.15. The monoisotopic (exact) mass is 258 g/mol. The normalized spacial score (nSPS) is 24.3. The first-order valence-corrected chi connectivity index (χ1v) is 6.51. The van der Waals surface area contributed by atoms with E-state index in [0.29, 0.717) is 6.54 Å². The fourth-order valence-electron chi connectivity index (χ4n) is 2.32. The third-order valence-electron chi connectivity index (χ3n) is 3.37. The van der Waals surface area contributed by atoms with Gasteiger partial charge in [0.05, 0.1) is 12.5 Å². The lowest BCUT2D eigenvalue weighted by molar-refractivity contribution is -0.126. The molecule has 1 aliphatic heterocycles. The molecular weight excluding hydrogens is 240 g/mol. The molecule has 0 aliphatic carbocycles. The molecule has 0 spiro atoms. The maximum absolute atomic E-state index is 12.1. The van der Waals surface area contributed by atoms with E-state index in [1.54, 1.807) is 12.4 Å². The molecule has 2 atom stereocenters. The molecule has 1 fully saturated rings. The minimum atomic E-state index is -0.366. The number of pyridine rings is 1. The Hall–Kier alpha value is -1.93. The Morgan fingerprint density at radius 3 is 3.16 bits per heavy atom. The Balaban J connectivity index is 2.14. The summed E-state index contributed by atoms with van der Waals surface area (Å²) in [5, 5.41) is 11.9. The third kappa shape index (κ3) is 3.52. The van der Waals surface area contributed by atoms with Crippen molar-refractivity contribution in [2.45, 2.75) is 38.4 Å². The lowest BCUT2D eigenvalue weighted by Crippen LogP contribution is -2.44. The number of nitrogens with one attached hydrogen (secondary N) is 1. The molecule has 100 valence electrons. The predicted molar refractivity (Wildman–Crippen MR) is 70.9 cm³/mol. The zero-order valence-corrected chi connectivity index (χ0v) is 11.0. The van der Waals surface area contributed by atoms with E-state index >= 15 is 0 Å². The van der Waals surface area contributed by atoms with Crippen LogP contribution in [-0.4, -0.2) is 34.4 Å². The number of carbonyl (C=O) groups excluding carboxylic acids is 1. The van der Waals surface area contributed by atoms with Gasteiger partial charge in [0.1, 0.15) is 6.04 Å². The molecule has 1 aliphatic rings.